The molecule has 0 saturated heterocycles. The maximum atomic E-state index is 13.4. The fourth-order valence-electron chi connectivity index (χ4n) is 1.55. The van der Waals surface area contributed by atoms with E-state index in [0.717, 1.165) is 18.2 Å². The van der Waals surface area contributed by atoms with Crippen molar-refractivity contribution in [2.75, 3.05) is 0 Å². The van der Waals surface area contributed by atoms with Crippen molar-refractivity contribution in [3.05, 3.63) is 59.4 Å². The van der Waals surface area contributed by atoms with Gasteiger partial charge in [-0.05, 0) is 12.1 Å². The zero-order chi connectivity index (χ0) is 13.1. The van der Waals surface area contributed by atoms with Gasteiger partial charge in [-0.25, -0.2) is 13.2 Å². The Bertz CT molecular complexity index is 552. The van der Waals surface area contributed by atoms with Crippen molar-refractivity contribution in [2.24, 2.45) is 5.73 Å². The fourth-order valence-corrected chi connectivity index (χ4v) is 1.55. The number of nitrogens with two attached hydrogens (primary N) is 1. The van der Waals surface area contributed by atoms with Gasteiger partial charge in [-0.2, -0.15) is 0 Å². The monoisotopic (exact) mass is 253 g/mol. The second-order valence-electron chi connectivity index (χ2n) is 3.63. The zero-order valence-corrected chi connectivity index (χ0v) is 9.29. The molecule has 18 heavy (non-hydrogen) atoms. The third-order valence-electron chi connectivity index (χ3n) is 2.34. The van der Waals surface area contributed by atoms with Gasteiger partial charge in [-0.1, -0.05) is 6.07 Å². The van der Waals surface area contributed by atoms with E-state index in [-0.39, 0.29) is 23.6 Å². The third kappa shape index (κ3) is 2.62. The van der Waals surface area contributed by atoms with Crippen LogP contribution in [-0.2, 0) is 6.54 Å². The first-order chi connectivity index (χ1) is 8.60. The summed E-state index contributed by atoms with van der Waals surface area (Å²) >= 11 is 0. The lowest BCUT2D eigenvalue weighted by molar-refractivity contribution is 0.456. The topological polar surface area (TPSA) is 35.2 Å². The highest BCUT2D eigenvalue weighted by Crippen LogP contribution is 2.27. The third-order valence-corrected chi connectivity index (χ3v) is 2.34. The van der Waals surface area contributed by atoms with E-state index in [2.05, 4.69) is 0 Å². The van der Waals surface area contributed by atoms with Crippen molar-refractivity contribution in [1.82, 2.24) is 0 Å². The Balaban J connectivity index is 2.36. The number of halogens is 3. The molecule has 0 heterocycles. The van der Waals surface area contributed by atoms with Crippen molar-refractivity contribution < 1.29 is 17.9 Å². The molecule has 0 amide bonds. The van der Waals surface area contributed by atoms with Gasteiger partial charge in [0.25, 0.3) is 0 Å². The zero-order valence-electron chi connectivity index (χ0n) is 9.29. The molecule has 2 aromatic carbocycles. The Kier molecular flexibility index (Phi) is 3.53. The minimum absolute atomic E-state index is 0.0483. The highest BCUT2D eigenvalue weighted by Gasteiger charge is 2.10. The summed E-state index contributed by atoms with van der Waals surface area (Å²) in [6.45, 7) is -0.0696. The number of ether oxygens (including phenoxy) is 1. The minimum atomic E-state index is -0.768. The van der Waals surface area contributed by atoms with Crippen molar-refractivity contribution in [3.8, 4) is 11.5 Å². The van der Waals surface area contributed by atoms with Gasteiger partial charge in [0.2, 0.25) is 0 Å². The number of benzene rings is 2. The smallest absolute Gasteiger partial charge is 0.134 e. The number of rotatable bonds is 3. The van der Waals surface area contributed by atoms with Crippen molar-refractivity contribution >= 4 is 0 Å². The summed E-state index contributed by atoms with van der Waals surface area (Å²) in [5, 5.41) is 0. The van der Waals surface area contributed by atoms with E-state index < -0.39 is 17.5 Å². The Morgan fingerprint density at radius 1 is 1.00 bits per heavy atom. The lowest BCUT2D eigenvalue weighted by atomic mass is 10.2. The van der Waals surface area contributed by atoms with E-state index in [1.165, 1.54) is 18.2 Å². The van der Waals surface area contributed by atoms with Crippen molar-refractivity contribution in [3.63, 3.8) is 0 Å². The van der Waals surface area contributed by atoms with Crippen LogP contribution in [0.15, 0.2) is 36.4 Å². The van der Waals surface area contributed by atoms with E-state index in [1.807, 2.05) is 0 Å². The molecule has 0 fully saturated rings. The summed E-state index contributed by atoms with van der Waals surface area (Å²) in [6, 6.07) is 6.89. The quantitative estimate of drug-likeness (QED) is 0.910. The first-order valence-electron chi connectivity index (χ1n) is 5.21. The van der Waals surface area contributed by atoms with Gasteiger partial charge in [0, 0.05) is 30.3 Å². The Morgan fingerprint density at radius 2 is 1.67 bits per heavy atom. The van der Waals surface area contributed by atoms with Crippen LogP contribution in [-0.4, -0.2) is 0 Å². The predicted molar refractivity (Wildman–Crippen MR) is 60.7 cm³/mol. The van der Waals surface area contributed by atoms with Crippen LogP contribution in [0.3, 0.4) is 0 Å². The summed E-state index contributed by atoms with van der Waals surface area (Å²) in [7, 11) is 0. The molecule has 2 aromatic rings. The Labute approximate surface area is 102 Å². The summed E-state index contributed by atoms with van der Waals surface area (Å²) < 4.78 is 44.6. The molecule has 0 aliphatic rings. The van der Waals surface area contributed by atoms with Crippen LogP contribution < -0.4 is 10.5 Å². The largest absolute Gasteiger partial charge is 0.457 e. The van der Waals surface area contributed by atoms with Crippen molar-refractivity contribution in [2.45, 2.75) is 6.54 Å². The molecule has 94 valence electrons. The molecule has 2 nitrogen and oxygen atoms in total. The van der Waals surface area contributed by atoms with E-state index in [1.54, 1.807) is 0 Å². The van der Waals surface area contributed by atoms with Gasteiger partial charge in [-0.15, -0.1) is 0 Å². The van der Waals surface area contributed by atoms with E-state index in [0.29, 0.717) is 0 Å². The van der Waals surface area contributed by atoms with E-state index in [9.17, 15) is 13.2 Å². The molecule has 0 unspecified atom stereocenters. The molecule has 0 aliphatic carbocycles. The first kappa shape index (κ1) is 12.4. The highest BCUT2D eigenvalue weighted by atomic mass is 19.1. The summed E-state index contributed by atoms with van der Waals surface area (Å²) in [6.07, 6.45) is 0. The molecule has 0 aromatic heterocycles. The van der Waals surface area contributed by atoms with Gasteiger partial charge in [0.15, 0.2) is 0 Å². The normalized spacial score (nSPS) is 10.4. The second kappa shape index (κ2) is 5.10. The molecule has 0 aliphatic heterocycles. The molecule has 0 bridgehead atoms. The Morgan fingerprint density at radius 3 is 2.28 bits per heavy atom. The van der Waals surface area contributed by atoms with Gasteiger partial charge in [0.1, 0.15) is 29.0 Å². The van der Waals surface area contributed by atoms with Gasteiger partial charge in [-0.3, -0.25) is 0 Å². The summed E-state index contributed by atoms with van der Waals surface area (Å²) in [5.74, 6) is -1.96. The molecular weight excluding hydrogens is 243 g/mol. The average molecular weight is 253 g/mol. The van der Waals surface area contributed by atoms with Crippen LogP contribution in [0.5, 0.6) is 11.5 Å². The SMILES string of the molecule is NCc1c(F)cccc1Oc1cc(F)cc(F)c1. The van der Waals surface area contributed by atoms with Crippen LogP contribution in [0.1, 0.15) is 5.56 Å². The lowest BCUT2D eigenvalue weighted by Gasteiger charge is -2.10. The van der Waals surface area contributed by atoms with Crippen LogP contribution in [0, 0.1) is 17.5 Å². The van der Waals surface area contributed by atoms with Gasteiger partial charge >= 0.3 is 0 Å². The molecule has 2 N–H and O–H groups in total. The van der Waals surface area contributed by atoms with E-state index >= 15 is 0 Å². The maximum Gasteiger partial charge on any atom is 0.134 e. The van der Waals surface area contributed by atoms with Crippen LogP contribution in [0.4, 0.5) is 13.2 Å². The first-order valence-corrected chi connectivity index (χ1v) is 5.21. The summed E-state index contributed by atoms with van der Waals surface area (Å²) in [4.78, 5) is 0. The fraction of sp³-hybridized carbons (Fsp3) is 0.0769. The van der Waals surface area contributed by atoms with Crippen LogP contribution >= 0.6 is 0 Å². The molecular formula is C13H10F3NO. The molecule has 2 rings (SSSR count). The van der Waals surface area contributed by atoms with Gasteiger partial charge in [0.05, 0.1) is 0 Å². The molecule has 0 saturated carbocycles. The molecule has 5 heteroatoms. The standard InChI is InChI=1S/C13H10F3NO/c14-8-4-9(15)6-10(5-8)18-13-3-1-2-12(16)11(13)7-17/h1-6H,7,17H2. The van der Waals surface area contributed by atoms with Gasteiger partial charge < -0.3 is 10.5 Å². The second-order valence-corrected chi connectivity index (χ2v) is 3.63. The maximum absolute atomic E-state index is 13.4. The molecule has 0 atom stereocenters. The van der Waals surface area contributed by atoms with Crippen molar-refractivity contribution in [1.29, 1.82) is 0 Å². The molecule has 0 radical (unpaired) electrons. The predicted octanol–water partition coefficient (Wildman–Crippen LogP) is 3.35. The highest BCUT2D eigenvalue weighted by molar-refractivity contribution is 5.38. The Hall–Kier alpha value is -2.01. The summed E-state index contributed by atoms with van der Waals surface area (Å²) in [5.41, 5.74) is 5.55. The lowest BCUT2D eigenvalue weighted by Crippen LogP contribution is -2.02. The number of hydrogen-bond acceptors (Lipinski definition) is 2. The minimum Gasteiger partial charge on any atom is -0.457 e. The number of hydrogen-bond donors (Lipinski definition) is 1. The molecule has 0 spiro atoms. The average Bonchev–Trinajstić information content (AvgIpc) is 2.27. The van der Waals surface area contributed by atoms with Crippen LogP contribution in [0.2, 0.25) is 0 Å². The van der Waals surface area contributed by atoms with E-state index in [4.69, 9.17) is 10.5 Å². The van der Waals surface area contributed by atoms with Crippen LogP contribution in [0.25, 0.3) is 0 Å².